The topological polar surface area (TPSA) is 55.1 Å². The van der Waals surface area contributed by atoms with E-state index in [0.717, 1.165) is 12.0 Å². The molecular weight excluding hydrogens is 236 g/mol. The van der Waals surface area contributed by atoms with Crippen LogP contribution in [-0.2, 0) is 11.2 Å². The molecule has 0 aromatic heterocycles. The Bertz CT molecular complexity index is 381. The lowest BCUT2D eigenvalue weighted by molar-refractivity contribution is -0.123. The van der Waals surface area contributed by atoms with E-state index in [2.05, 4.69) is 5.32 Å². The first-order valence-electron chi connectivity index (χ1n) is 5.83. The minimum absolute atomic E-state index is 0.0542. The van der Waals surface area contributed by atoms with Gasteiger partial charge in [0, 0.05) is 11.1 Å². The van der Waals surface area contributed by atoms with Gasteiger partial charge in [0.15, 0.2) is 0 Å². The first-order chi connectivity index (χ1) is 8.02. The fourth-order valence-electron chi connectivity index (χ4n) is 1.60. The van der Waals surface area contributed by atoms with Crippen LogP contribution in [-0.4, -0.2) is 18.0 Å². The molecule has 3 nitrogen and oxygen atoms in total. The van der Waals surface area contributed by atoms with Gasteiger partial charge in [-0.3, -0.25) is 4.79 Å². The van der Waals surface area contributed by atoms with Crippen molar-refractivity contribution >= 4 is 17.5 Å². The number of carbonyl (C=O) groups is 1. The Hall–Kier alpha value is -1.06. The smallest absolute Gasteiger partial charge is 0.237 e. The van der Waals surface area contributed by atoms with Gasteiger partial charge in [-0.1, -0.05) is 30.7 Å². The molecule has 0 aliphatic carbocycles. The molecule has 2 atom stereocenters. The van der Waals surface area contributed by atoms with Gasteiger partial charge < -0.3 is 11.1 Å². The van der Waals surface area contributed by atoms with Crippen molar-refractivity contribution in [2.45, 2.75) is 38.8 Å². The van der Waals surface area contributed by atoms with E-state index >= 15 is 0 Å². The molecule has 0 bridgehead atoms. The normalized spacial score (nSPS) is 14.1. The van der Waals surface area contributed by atoms with Gasteiger partial charge in [-0.15, -0.1) is 0 Å². The monoisotopic (exact) mass is 254 g/mol. The third-order valence-corrected chi connectivity index (χ3v) is 2.83. The van der Waals surface area contributed by atoms with E-state index in [1.54, 1.807) is 0 Å². The molecule has 0 radical (unpaired) electrons. The molecule has 0 heterocycles. The van der Waals surface area contributed by atoms with Gasteiger partial charge in [0.1, 0.15) is 0 Å². The fraction of sp³-hybridized carbons (Fsp3) is 0.462. The van der Waals surface area contributed by atoms with Gasteiger partial charge in [0.05, 0.1) is 6.04 Å². The van der Waals surface area contributed by atoms with Crippen LogP contribution in [0.2, 0.25) is 5.02 Å². The quantitative estimate of drug-likeness (QED) is 0.846. The van der Waals surface area contributed by atoms with Gasteiger partial charge in [0.25, 0.3) is 0 Å². The molecule has 1 aromatic carbocycles. The molecule has 2 unspecified atom stereocenters. The van der Waals surface area contributed by atoms with Gasteiger partial charge in [-0.05, 0) is 37.5 Å². The lowest BCUT2D eigenvalue weighted by atomic mass is 10.1. The molecule has 1 amide bonds. The number of amides is 1. The molecular formula is C13H19ClN2O. The van der Waals surface area contributed by atoms with E-state index in [1.807, 2.05) is 38.1 Å². The van der Waals surface area contributed by atoms with Crippen molar-refractivity contribution in [1.82, 2.24) is 5.32 Å². The number of nitrogens with two attached hydrogens (primary N) is 1. The van der Waals surface area contributed by atoms with Crippen LogP contribution in [0.3, 0.4) is 0 Å². The molecule has 94 valence electrons. The molecule has 0 saturated heterocycles. The molecule has 0 saturated carbocycles. The maximum atomic E-state index is 11.6. The highest BCUT2D eigenvalue weighted by Crippen LogP contribution is 2.12. The summed E-state index contributed by atoms with van der Waals surface area (Å²) >= 11 is 5.90. The minimum atomic E-state index is -0.420. The molecule has 0 aliphatic rings. The second-order valence-electron chi connectivity index (χ2n) is 4.26. The Balaban J connectivity index is 2.50. The van der Waals surface area contributed by atoms with Crippen molar-refractivity contribution in [3.05, 3.63) is 34.9 Å². The summed E-state index contributed by atoms with van der Waals surface area (Å²) in [5, 5.41) is 3.61. The van der Waals surface area contributed by atoms with E-state index in [1.165, 1.54) is 0 Å². The Labute approximate surface area is 107 Å². The number of benzene rings is 1. The van der Waals surface area contributed by atoms with Crippen LogP contribution in [0.25, 0.3) is 0 Å². The van der Waals surface area contributed by atoms with E-state index < -0.39 is 6.04 Å². The number of halogens is 1. The Morgan fingerprint density at radius 3 is 2.82 bits per heavy atom. The summed E-state index contributed by atoms with van der Waals surface area (Å²) in [5.41, 5.74) is 6.76. The molecule has 1 aromatic rings. The Morgan fingerprint density at radius 2 is 2.24 bits per heavy atom. The van der Waals surface area contributed by atoms with E-state index in [-0.39, 0.29) is 11.9 Å². The molecule has 1 rings (SSSR count). The maximum Gasteiger partial charge on any atom is 0.237 e. The van der Waals surface area contributed by atoms with Crippen LogP contribution < -0.4 is 11.1 Å². The Morgan fingerprint density at radius 1 is 1.53 bits per heavy atom. The molecule has 0 spiro atoms. The zero-order chi connectivity index (χ0) is 12.8. The van der Waals surface area contributed by atoms with Crippen LogP contribution in [0.15, 0.2) is 24.3 Å². The number of rotatable bonds is 5. The summed E-state index contributed by atoms with van der Waals surface area (Å²) in [6.07, 6.45) is 1.40. The molecule has 4 heteroatoms. The second kappa shape index (κ2) is 6.62. The zero-order valence-electron chi connectivity index (χ0n) is 10.2. The zero-order valence-corrected chi connectivity index (χ0v) is 11.0. The van der Waals surface area contributed by atoms with Crippen LogP contribution >= 0.6 is 11.6 Å². The largest absolute Gasteiger partial charge is 0.352 e. The lowest BCUT2D eigenvalue weighted by Crippen LogP contribution is -2.44. The molecule has 0 aliphatic heterocycles. The summed E-state index contributed by atoms with van der Waals surface area (Å²) in [5.74, 6) is -0.0953. The van der Waals surface area contributed by atoms with Crippen molar-refractivity contribution in [1.29, 1.82) is 0 Å². The maximum absolute atomic E-state index is 11.6. The highest BCUT2D eigenvalue weighted by molar-refractivity contribution is 6.30. The summed E-state index contributed by atoms with van der Waals surface area (Å²) in [7, 11) is 0. The summed E-state index contributed by atoms with van der Waals surface area (Å²) in [4.78, 5) is 11.6. The molecule has 3 N–H and O–H groups in total. The SMILES string of the molecule is CCC(N)C(=O)NC(C)Cc1cccc(Cl)c1. The highest BCUT2D eigenvalue weighted by Gasteiger charge is 2.13. The molecule has 17 heavy (non-hydrogen) atoms. The number of carbonyl (C=O) groups excluding carboxylic acids is 1. The first kappa shape index (κ1) is 14.0. The van der Waals surface area contributed by atoms with Crippen molar-refractivity contribution < 1.29 is 4.79 Å². The van der Waals surface area contributed by atoms with Crippen molar-refractivity contribution in [3.8, 4) is 0 Å². The molecule has 0 fully saturated rings. The summed E-state index contributed by atoms with van der Waals surface area (Å²) in [6, 6.07) is 7.28. The van der Waals surface area contributed by atoms with E-state index in [0.29, 0.717) is 11.4 Å². The third kappa shape index (κ3) is 4.75. The van der Waals surface area contributed by atoms with E-state index in [9.17, 15) is 4.79 Å². The first-order valence-corrected chi connectivity index (χ1v) is 6.21. The average Bonchev–Trinajstić information content (AvgIpc) is 2.27. The fourth-order valence-corrected chi connectivity index (χ4v) is 1.82. The van der Waals surface area contributed by atoms with Crippen LogP contribution in [0.4, 0.5) is 0 Å². The van der Waals surface area contributed by atoms with Gasteiger partial charge in [0.2, 0.25) is 5.91 Å². The lowest BCUT2D eigenvalue weighted by Gasteiger charge is -2.16. The highest BCUT2D eigenvalue weighted by atomic mass is 35.5. The van der Waals surface area contributed by atoms with Gasteiger partial charge in [-0.25, -0.2) is 0 Å². The Kier molecular flexibility index (Phi) is 5.45. The number of hydrogen-bond acceptors (Lipinski definition) is 2. The second-order valence-corrected chi connectivity index (χ2v) is 4.69. The van der Waals surface area contributed by atoms with Crippen molar-refractivity contribution in [3.63, 3.8) is 0 Å². The van der Waals surface area contributed by atoms with Crippen molar-refractivity contribution in [2.24, 2.45) is 5.73 Å². The number of hydrogen-bond donors (Lipinski definition) is 2. The average molecular weight is 255 g/mol. The van der Waals surface area contributed by atoms with Crippen LogP contribution in [0.1, 0.15) is 25.8 Å². The van der Waals surface area contributed by atoms with Crippen LogP contribution in [0, 0.1) is 0 Å². The predicted octanol–water partition coefficient (Wildman–Crippen LogP) is 2.12. The predicted molar refractivity (Wildman–Crippen MR) is 71.0 cm³/mol. The van der Waals surface area contributed by atoms with Crippen molar-refractivity contribution in [2.75, 3.05) is 0 Å². The summed E-state index contributed by atoms with van der Waals surface area (Å²) in [6.45, 7) is 3.85. The van der Waals surface area contributed by atoms with Gasteiger partial charge >= 0.3 is 0 Å². The minimum Gasteiger partial charge on any atom is -0.352 e. The number of nitrogens with one attached hydrogen (secondary N) is 1. The van der Waals surface area contributed by atoms with Gasteiger partial charge in [-0.2, -0.15) is 0 Å². The third-order valence-electron chi connectivity index (χ3n) is 2.60. The van der Waals surface area contributed by atoms with E-state index in [4.69, 9.17) is 17.3 Å². The standard InChI is InChI=1S/C13H19ClN2O/c1-3-12(15)13(17)16-9(2)7-10-5-4-6-11(14)8-10/h4-6,8-9,12H,3,7,15H2,1-2H3,(H,16,17). The summed E-state index contributed by atoms with van der Waals surface area (Å²) < 4.78 is 0. The van der Waals surface area contributed by atoms with Crippen LogP contribution in [0.5, 0.6) is 0 Å².